The summed E-state index contributed by atoms with van der Waals surface area (Å²) in [5.41, 5.74) is 2.36. The molecule has 2 aromatic carbocycles. The molecule has 0 radical (unpaired) electrons. The van der Waals surface area contributed by atoms with Gasteiger partial charge in [0.25, 0.3) is 0 Å². The summed E-state index contributed by atoms with van der Waals surface area (Å²) in [5, 5.41) is 13.5. The van der Waals surface area contributed by atoms with Crippen LogP contribution in [0.3, 0.4) is 0 Å². The van der Waals surface area contributed by atoms with Crippen molar-refractivity contribution >= 4 is 34.9 Å². The molecule has 206 valence electrons. The Labute approximate surface area is 226 Å². The third kappa shape index (κ3) is 5.31. The Morgan fingerprint density at radius 2 is 1.64 bits per heavy atom. The zero-order chi connectivity index (χ0) is 28.7. The van der Waals surface area contributed by atoms with Gasteiger partial charge in [-0.25, -0.2) is 4.79 Å². The van der Waals surface area contributed by atoms with E-state index in [1.165, 1.54) is 25.9 Å². The molecule has 1 aromatic heterocycles. The van der Waals surface area contributed by atoms with E-state index >= 15 is 0 Å². The molecule has 3 aromatic rings. The number of anilines is 1. The molecule has 0 aliphatic heterocycles. The molecule has 0 bridgehead atoms. The van der Waals surface area contributed by atoms with Crippen molar-refractivity contribution in [1.82, 2.24) is 4.57 Å². The Bertz CT molecular complexity index is 1430. The molecule has 0 atom stereocenters. The molecule has 11 heteroatoms. The predicted molar refractivity (Wildman–Crippen MR) is 143 cm³/mol. The number of hydrogen-bond acceptors (Lipinski definition) is 9. The molecule has 39 heavy (non-hydrogen) atoms. The van der Waals surface area contributed by atoms with Crippen LogP contribution >= 0.6 is 0 Å². The number of nitrogens with zero attached hydrogens (tertiary/aromatic N) is 2. The molecule has 0 aliphatic rings. The van der Waals surface area contributed by atoms with Crippen molar-refractivity contribution in [2.24, 2.45) is 0 Å². The van der Waals surface area contributed by atoms with Crippen molar-refractivity contribution in [3.8, 4) is 34.4 Å². The van der Waals surface area contributed by atoms with Gasteiger partial charge in [-0.05, 0) is 49.6 Å². The smallest absolute Gasteiger partial charge is 0.357 e. The Morgan fingerprint density at radius 1 is 1.00 bits per heavy atom. The number of carbonyl (C=O) groups excluding carboxylic acids is 3. The van der Waals surface area contributed by atoms with Crippen LogP contribution in [0.1, 0.15) is 42.4 Å². The second kappa shape index (κ2) is 12.7. The normalized spacial score (nSPS) is 10.5. The average Bonchev–Trinajstić information content (AvgIpc) is 3.23. The number of nitriles is 1. The molecule has 0 fully saturated rings. The number of rotatable bonds is 12. The van der Waals surface area contributed by atoms with E-state index in [9.17, 15) is 19.6 Å². The van der Waals surface area contributed by atoms with Crippen LogP contribution in [0.4, 0.5) is 5.69 Å². The number of fused-ring (bicyclic) bond motifs is 1. The number of aromatic nitrogens is 1. The van der Waals surface area contributed by atoms with Crippen LogP contribution in [0.25, 0.3) is 22.0 Å². The maximum Gasteiger partial charge on any atom is 0.357 e. The molecule has 0 aliphatic carbocycles. The van der Waals surface area contributed by atoms with Crippen LogP contribution in [0.15, 0.2) is 18.2 Å². The van der Waals surface area contributed by atoms with Crippen LogP contribution in [-0.4, -0.2) is 57.5 Å². The van der Waals surface area contributed by atoms with Gasteiger partial charge in [0.2, 0.25) is 12.2 Å². The molecule has 1 heterocycles. The maximum atomic E-state index is 13.1. The average molecular weight is 538 g/mol. The van der Waals surface area contributed by atoms with Gasteiger partial charge in [-0.2, -0.15) is 5.26 Å². The predicted octanol–water partition coefficient (Wildman–Crippen LogP) is 4.08. The highest BCUT2D eigenvalue weighted by atomic mass is 16.5. The van der Waals surface area contributed by atoms with E-state index < -0.39 is 18.5 Å². The number of methoxy groups -OCH3 is 3. The van der Waals surface area contributed by atoms with Crippen molar-refractivity contribution in [3.63, 3.8) is 0 Å². The van der Waals surface area contributed by atoms with Gasteiger partial charge in [-0.1, -0.05) is 6.92 Å². The molecular weight excluding hydrogens is 506 g/mol. The van der Waals surface area contributed by atoms with Gasteiger partial charge in [-0.15, -0.1) is 0 Å². The number of ether oxygens (including phenoxy) is 5. The van der Waals surface area contributed by atoms with Crippen LogP contribution in [-0.2, 0) is 32.0 Å². The first-order valence-corrected chi connectivity index (χ1v) is 12.3. The molecular formula is C28H31N3O8. The Morgan fingerprint density at radius 3 is 2.13 bits per heavy atom. The van der Waals surface area contributed by atoms with E-state index in [0.717, 1.165) is 5.56 Å². The summed E-state index contributed by atoms with van der Waals surface area (Å²) in [5.74, 6) is -0.242. The van der Waals surface area contributed by atoms with Gasteiger partial charge >= 0.3 is 11.9 Å². The fraction of sp³-hybridized carbons (Fsp3) is 0.357. The molecule has 0 saturated heterocycles. The summed E-state index contributed by atoms with van der Waals surface area (Å²) in [6, 6.07) is 7.48. The quantitative estimate of drug-likeness (QED) is 0.267. The van der Waals surface area contributed by atoms with Crippen molar-refractivity contribution in [1.29, 1.82) is 5.26 Å². The fourth-order valence-corrected chi connectivity index (χ4v) is 4.63. The highest BCUT2D eigenvalue weighted by Gasteiger charge is 2.30. The lowest BCUT2D eigenvalue weighted by atomic mass is 9.90. The van der Waals surface area contributed by atoms with Crippen LogP contribution in [0.2, 0.25) is 0 Å². The molecule has 0 spiro atoms. The zero-order valence-corrected chi connectivity index (χ0v) is 22.8. The molecule has 0 saturated carbocycles. The highest BCUT2D eigenvalue weighted by Crippen LogP contribution is 2.45. The number of hydrogen-bond donors (Lipinski definition) is 1. The number of amides is 1. The van der Waals surface area contributed by atoms with E-state index in [2.05, 4.69) is 11.4 Å². The number of benzene rings is 2. The summed E-state index contributed by atoms with van der Waals surface area (Å²) < 4.78 is 28.3. The lowest BCUT2D eigenvalue weighted by Crippen LogP contribution is -2.20. The number of nitrogens with one attached hydrogen (secondary N) is 1. The van der Waals surface area contributed by atoms with Gasteiger partial charge in [0, 0.05) is 10.9 Å². The van der Waals surface area contributed by atoms with Crippen LogP contribution in [0, 0.1) is 11.3 Å². The summed E-state index contributed by atoms with van der Waals surface area (Å²) >= 11 is 0. The highest BCUT2D eigenvalue weighted by molar-refractivity contribution is 6.12. The minimum Gasteiger partial charge on any atom is -0.493 e. The lowest BCUT2D eigenvalue weighted by Gasteiger charge is -2.18. The largest absolute Gasteiger partial charge is 0.493 e. The van der Waals surface area contributed by atoms with Crippen molar-refractivity contribution < 1.29 is 38.1 Å². The Balaban J connectivity index is 2.56. The van der Waals surface area contributed by atoms with E-state index in [-0.39, 0.29) is 35.7 Å². The minimum atomic E-state index is -0.765. The summed E-state index contributed by atoms with van der Waals surface area (Å²) in [6.07, 6.45) is 0.923. The standard InChI is InChI=1S/C28H31N3O8/c1-7-16-10-18-24(30-15-32)26(28(34)39-9-3)31(14-22(33)38-8-2)25(18)19(13-29)23(16)17-11-20(35-4)27(37-6)21(12-17)36-5/h10-12,15H,7-9,14H2,1-6H3,(H,30,32). The first-order chi connectivity index (χ1) is 18.8. The van der Waals surface area contributed by atoms with Gasteiger partial charge in [-0.3, -0.25) is 9.59 Å². The van der Waals surface area contributed by atoms with Crippen LogP contribution < -0.4 is 19.5 Å². The molecule has 0 unspecified atom stereocenters. The number of aryl methyl sites for hydroxylation is 1. The first-order valence-electron chi connectivity index (χ1n) is 12.3. The summed E-state index contributed by atoms with van der Waals surface area (Å²) in [6.45, 7) is 5.00. The zero-order valence-electron chi connectivity index (χ0n) is 22.8. The Kier molecular flexibility index (Phi) is 9.38. The third-order valence-corrected chi connectivity index (χ3v) is 6.14. The van der Waals surface area contributed by atoms with Gasteiger partial charge < -0.3 is 33.6 Å². The third-order valence-electron chi connectivity index (χ3n) is 6.14. The second-order valence-corrected chi connectivity index (χ2v) is 8.16. The Hall–Kier alpha value is -4.72. The minimum absolute atomic E-state index is 0.0578. The number of esters is 2. The molecule has 1 amide bonds. The maximum absolute atomic E-state index is 13.1. The summed E-state index contributed by atoms with van der Waals surface area (Å²) in [4.78, 5) is 37.4. The van der Waals surface area contributed by atoms with E-state index in [4.69, 9.17) is 23.7 Å². The van der Waals surface area contributed by atoms with Gasteiger partial charge in [0.1, 0.15) is 12.6 Å². The second-order valence-electron chi connectivity index (χ2n) is 8.16. The fourth-order valence-electron chi connectivity index (χ4n) is 4.63. The van der Waals surface area contributed by atoms with Crippen molar-refractivity contribution in [2.75, 3.05) is 39.9 Å². The monoisotopic (exact) mass is 537 g/mol. The molecule has 1 N–H and O–H groups in total. The molecule has 3 rings (SSSR count). The van der Waals surface area contributed by atoms with Crippen molar-refractivity contribution in [2.45, 2.75) is 33.7 Å². The lowest BCUT2D eigenvalue weighted by molar-refractivity contribution is -0.143. The van der Waals surface area contributed by atoms with E-state index in [1.807, 2.05) is 6.92 Å². The number of carbonyl (C=O) groups is 3. The topological polar surface area (TPSA) is 138 Å². The van der Waals surface area contributed by atoms with Gasteiger partial charge in [0.15, 0.2) is 17.2 Å². The van der Waals surface area contributed by atoms with Crippen LogP contribution in [0.5, 0.6) is 17.2 Å². The van der Waals surface area contributed by atoms with Gasteiger partial charge in [0.05, 0.1) is 51.3 Å². The first kappa shape index (κ1) is 28.8. The van der Waals surface area contributed by atoms with E-state index in [0.29, 0.717) is 46.6 Å². The van der Waals surface area contributed by atoms with Crippen molar-refractivity contribution in [3.05, 3.63) is 35.0 Å². The summed E-state index contributed by atoms with van der Waals surface area (Å²) in [7, 11) is 4.47. The SMILES string of the molecule is CCOC(=O)Cn1c(C(=O)OCC)c(NC=O)c2cc(CC)c(-c3cc(OC)c(OC)c(OC)c3)c(C#N)c21. The van der Waals surface area contributed by atoms with E-state index in [1.54, 1.807) is 32.0 Å². The molecule has 11 nitrogen and oxygen atoms in total.